The smallest absolute Gasteiger partial charge is 0.348 e. The van der Waals surface area contributed by atoms with E-state index in [4.69, 9.17) is 4.42 Å². The van der Waals surface area contributed by atoms with Gasteiger partial charge in [-0.3, -0.25) is 0 Å². The molecule has 0 aliphatic heterocycles. The van der Waals surface area contributed by atoms with E-state index in [0.717, 1.165) is 12.1 Å². The molecule has 0 radical (unpaired) electrons. The summed E-state index contributed by atoms with van der Waals surface area (Å²) in [4.78, 5) is 16.1. The highest BCUT2D eigenvalue weighted by Gasteiger charge is 2.05. The Morgan fingerprint density at radius 2 is 1.85 bits per heavy atom. The summed E-state index contributed by atoms with van der Waals surface area (Å²) < 4.78 is 5.17. The number of anilines is 2. The first-order valence-electron chi connectivity index (χ1n) is 6.52. The maximum Gasteiger partial charge on any atom is 0.348 e. The summed E-state index contributed by atoms with van der Waals surface area (Å²) in [5.41, 5.74) is 2.33. The van der Waals surface area contributed by atoms with Crippen molar-refractivity contribution in [2.45, 2.75) is 13.3 Å². The molecular weight excluding hydrogens is 252 g/mol. The SMILES string of the molecule is CCc1ccc(Nc2nc3ccccc3c(=O)o2)cc1. The van der Waals surface area contributed by atoms with Crippen LogP contribution in [0.15, 0.2) is 57.7 Å². The van der Waals surface area contributed by atoms with Crippen LogP contribution in [0.1, 0.15) is 12.5 Å². The monoisotopic (exact) mass is 266 g/mol. The molecule has 0 aliphatic rings. The van der Waals surface area contributed by atoms with Gasteiger partial charge in [-0.05, 0) is 36.2 Å². The highest BCUT2D eigenvalue weighted by Crippen LogP contribution is 2.16. The van der Waals surface area contributed by atoms with Crippen molar-refractivity contribution >= 4 is 22.6 Å². The van der Waals surface area contributed by atoms with Gasteiger partial charge in [-0.2, -0.15) is 4.98 Å². The van der Waals surface area contributed by atoms with Gasteiger partial charge in [0, 0.05) is 5.69 Å². The van der Waals surface area contributed by atoms with Crippen LogP contribution >= 0.6 is 0 Å². The van der Waals surface area contributed by atoms with E-state index in [0.29, 0.717) is 10.9 Å². The maximum atomic E-state index is 11.8. The Labute approximate surface area is 116 Å². The Balaban J connectivity index is 1.96. The molecular formula is C16H14N2O2. The van der Waals surface area contributed by atoms with Crippen molar-refractivity contribution in [3.8, 4) is 0 Å². The standard InChI is InChI=1S/C16H14N2O2/c1-2-11-7-9-12(10-8-11)17-16-18-14-6-4-3-5-13(14)15(19)20-16/h3-10H,2H2,1H3,(H,17,18). The van der Waals surface area contributed by atoms with Crippen molar-refractivity contribution in [1.29, 1.82) is 0 Å². The van der Waals surface area contributed by atoms with Gasteiger partial charge in [0.05, 0.1) is 10.9 Å². The van der Waals surface area contributed by atoms with Crippen LogP contribution in [0.4, 0.5) is 11.7 Å². The second-order valence-corrected chi connectivity index (χ2v) is 4.50. The van der Waals surface area contributed by atoms with Gasteiger partial charge in [0.1, 0.15) is 0 Å². The average Bonchev–Trinajstić information content (AvgIpc) is 2.48. The first-order chi connectivity index (χ1) is 9.76. The Kier molecular flexibility index (Phi) is 3.21. The third kappa shape index (κ3) is 2.40. The molecule has 0 fully saturated rings. The minimum Gasteiger partial charge on any atom is -0.388 e. The first kappa shape index (κ1) is 12.4. The average molecular weight is 266 g/mol. The number of para-hydroxylation sites is 1. The molecule has 1 heterocycles. The third-order valence-corrected chi connectivity index (χ3v) is 3.15. The first-order valence-corrected chi connectivity index (χ1v) is 6.52. The van der Waals surface area contributed by atoms with Crippen molar-refractivity contribution in [3.05, 3.63) is 64.5 Å². The lowest BCUT2D eigenvalue weighted by Gasteiger charge is -2.05. The largest absolute Gasteiger partial charge is 0.388 e. The maximum absolute atomic E-state index is 11.8. The van der Waals surface area contributed by atoms with Crippen molar-refractivity contribution < 1.29 is 4.42 Å². The minimum atomic E-state index is -0.386. The van der Waals surface area contributed by atoms with Crippen LogP contribution in [0.2, 0.25) is 0 Å². The van der Waals surface area contributed by atoms with E-state index in [1.54, 1.807) is 18.2 Å². The van der Waals surface area contributed by atoms with E-state index in [-0.39, 0.29) is 11.6 Å². The zero-order chi connectivity index (χ0) is 13.9. The highest BCUT2D eigenvalue weighted by atomic mass is 16.4. The van der Waals surface area contributed by atoms with Crippen molar-refractivity contribution in [2.24, 2.45) is 0 Å². The van der Waals surface area contributed by atoms with E-state index in [9.17, 15) is 4.79 Å². The Morgan fingerprint density at radius 1 is 1.10 bits per heavy atom. The fraction of sp³-hybridized carbons (Fsp3) is 0.125. The lowest BCUT2D eigenvalue weighted by molar-refractivity contribution is 0.522. The molecule has 3 aromatic rings. The molecule has 0 saturated heterocycles. The van der Waals surface area contributed by atoms with Crippen LogP contribution in [0.25, 0.3) is 10.9 Å². The molecule has 20 heavy (non-hydrogen) atoms. The number of hydrogen-bond acceptors (Lipinski definition) is 4. The number of hydrogen-bond donors (Lipinski definition) is 1. The van der Waals surface area contributed by atoms with Crippen molar-refractivity contribution in [1.82, 2.24) is 4.98 Å². The summed E-state index contributed by atoms with van der Waals surface area (Å²) in [6.07, 6.45) is 0.990. The molecule has 4 heteroatoms. The number of aromatic nitrogens is 1. The van der Waals surface area contributed by atoms with Gasteiger partial charge in [0.25, 0.3) is 0 Å². The predicted molar refractivity (Wildman–Crippen MR) is 79.4 cm³/mol. The molecule has 100 valence electrons. The Hall–Kier alpha value is -2.62. The number of benzene rings is 2. The topological polar surface area (TPSA) is 55.1 Å². The zero-order valence-electron chi connectivity index (χ0n) is 11.1. The van der Waals surface area contributed by atoms with Gasteiger partial charge < -0.3 is 9.73 Å². The number of aryl methyl sites for hydroxylation is 1. The summed E-state index contributed by atoms with van der Waals surface area (Å²) in [5.74, 6) is 0. The van der Waals surface area contributed by atoms with Crippen LogP contribution < -0.4 is 10.9 Å². The summed E-state index contributed by atoms with van der Waals surface area (Å²) >= 11 is 0. The van der Waals surface area contributed by atoms with Crippen molar-refractivity contribution in [2.75, 3.05) is 5.32 Å². The molecule has 0 spiro atoms. The second kappa shape index (κ2) is 5.17. The third-order valence-electron chi connectivity index (χ3n) is 3.15. The van der Waals surface area contributed by atoms with Crippen LogP contribution in [0, 0.1) is 0 Å². The van der Waals surface area contributed by atoms with Gasteiger partial charge in [0.15, 0.2) is 0 Å². The molecule has 1 N–H and O–H groups in total. The van der Waals surface area contributed by atoms with Crippen molar-refractivity contribution in [3.63, 3.8) is 0 Å². The molecule has 0 amide bonds. The molecule has 1 aromatic heterocycles. The van der Waals surface area contributed by atoms with E-state index < -0.39 is 0 Å². The predicted octanol–water partition coefficient (Wildman–Crippen LogP) is 3.49. The molecule has 0 aliphatic carbocycles. The molecule has 0 unspecified atom stereocenters. The van der Waals surface area contributed by atoms with Gasteiger partial charge in [-0.15, -0.1) is 0 Å². The van der Waals surface area contributed by atoms with Gasteiger partial charge in [-0.1, -0.05) is 31.2 Å². The van der Waals surface area contributed by atoms with Crippen LogP contribution in [-0.2, 0) is 6.42 Å². The minimum absolute atomic E-state index is 0.206. The molecule has 0 saturated carbocycles. The molecule has 3 rings (SSSR count). The van der Waals surface area contributed by atoms with E-state index in [2.05, 4.69) is 17.2 Å². The second-order valence-electron chi connectivity index (χ2n) is 4.50. The number of fused-ring (bicyclic) bond motifs is 1. The molecule has 2 aromatic carbocycles. The van der Waals surface area contributed by atoms with E-state index in [1.165, 1.54) is 5.56 Å². The lowest BCUT2D eigenvalue weighted by Crippen LogP contribution is -2.04. The quantitative estimate of drug-likeness (QED) is 0.788. The molecule has 4 nitrogen and oxygen atoms in total. The van der Waals surface area contributed by atoms with Gasteiger partial charge >= 0.3 is 11.6 Å². The fourth-order valence-corrected chi connectivity index (χ4v) is 2.02. The van der Waals surface area contributed by atoms with Crippen LogP contribution in [-0.4, -0.2) is 4.98 Å². The van der Waals surface area contributed by atoms with E-state index >= 15 is 0 Å². The van der Waals surface area contributed by atoms with E-state index in [1.807, 2.05) is 30.3 Å². The summed E-state index contributed by atoms with van der Waals surface area (Å²) in [5, 5.41) is 3.50. The number of nitrogens with one attached hydrogen (secondary N) is 1. The Morgan fingerprint density at radius 3 is 2.60 bits per heavy atom. The zero-order valence-corrected chi connectivity index (χ0v) is 11.1. The van der Waals surface area contributed by atoms with Gasteiger partial charge in [0.2, 0.25) is 0 Å². The number of nitrogens with zero attached hydrogens (tertiary/aromatic N) is 1. The van der Waals surface area contributed by atoms with Gasteiger partial charge in [-0.25, -0.2) is 4.79 Å². The lowest BCUT2D eigenvalue weighted by atomic mass is 10.1. The van der Waals surface area contributed by atoms with Crippen LogP contribution in [0.3, 0.4) is 0 Å². The normalized spacial score (nSPS) is 10.7. The highest BCUT2D eigenvalue weighted by molar-refractivity contribution is 5.77. The number of rotatable bonds is 3. The summed E-state index contributed by atoms with van der Waals surface area (Å²) in [7, 11) is 0. The Bertz CT molecular complexity index is 791. The molecule has 0 bridgehead atoms. The fourth-order valence-electron chi connectivity index (χ4n) is 2.02. The summed E-state index contributed by atoms with van der Waals surface area (Å²) in [6.45, 7) is 2.10. The molecule has 0 atom stereocenters. The van der Waals surface area contributed by atoms with Crippen LogP contribution in [0.5, 0.6) is 0 Å². The summed E-state index contributed by atoms with van der Waals surface area (Å²) in [6, 6.07) is 15.3.